The largest absolute Gasteiger partial charge is 0.446 e. The number of hydrogen-bond acceptors (Lipinski definition) is 6. The van der Waals surface area contributed by atoms with Crippen LogP contribution in [-0.2, 0) is 23.8 Å². The molecule has 188 valence electrons. The molecule has 0 aromatic carbocycles. The van der Waals surface area contributed by atoms with Gasteiger partial charge in [0.2, 0.25) is 0 Å². The number of rotatable bonds is 12. The lowest BCUT2D eigenvalue weighted by molar-refractivity contribution is -0.200. The normalized spacial score (nSPS) is 22.2. The molecule has 0 aromatic heterocycles. The van der Waals surface area contributed by atoms with Crippen molar-refractivity contribution in [1.82, 2.24) is 4.90 Å². The molecule has 3 unspecified atom stereocenters. The molecule has 0 spiro atoms. The number of methoxy groups -OCH3 is 1. The van der Waals surface area contributed by atoms with Crippen LogP contribution in [0.2, 0.25) is 0 Å². The lowest BCUT2D eigenvalue weighted by Gasteiger charge is -2.57. The van der Waals surface area contributed by atoms with Crippen molar-refractivity contribution >= 4 is 11.8 Å². The monoisotopic (exact) mass is 455 g/mol. The Hall–Kier alpha value is -0.980. The van der Waals surface area contributed by atoms with Gasteiger partial charge in [-0.25, -0.2) is 0 Å². The molecule has 6 heteroatoms. The average molecular weight is 456 g/mol. The van der Waals surface area contributed by atoms with E-state index < -0.39 is 23.7 Å². The Labute approximate surface area is 196 Å². The summed E-state index contributed by atoms with van der Waals surface area (Å²) in [6, 6.07) is 0. The summed E-state index contributed by atoms with van der Waals surface area (Å²) in [6.45, 7) is 20.4. The number of Topliss-reactive ketones (excluding diaryl/α,β-unsaturated/α-hetero) is 1. The van der Waals surface area contributed by atoms with Crippen molar-refractivity contribution < 1.29 is 23.8 Å². The van der Waals surface area contributed by atoms with E-state index in [1.807, 2.05) is 20.8 Å². The molecular weight excluding hydrogens is 406 g/mol. The fraction of sp³-hybridized carbons (Fsp3) is 0.923. The second-order valence-electron chi connectivity index (χ2n) is 10.8. The number of piperidine rings is 1. The fourth-order valence-electron chi connectivity index (χ4n) is 5.90. The van der Waals surface area contributed by atoms with Crippen LogP contribution in [0.4, 0.5) is 0 Å². The molecule has 1 heterocycles. The van der Waals surface area contributed by atoms with Crippen LogP contribution in [0, 0.1) is 5.92 Å². The Morgan fingerprint density at radius 1 is 1.00 bits per heavy atom. The summed E-state index contributed by atoms with van der Waals surface area (Å²) in [7, 11) is 1.53. The van der Waals surface area contributed by atoms with Gasteiger partial charge in [-0.3, -0.25) is 14.5 Å². The number of carbonyl (C=O) groups excluding carboxylic acids is 2. The smallest absolute Gasteiger partial charge is 0.317 e. The molecule has 0 amide bonds. The van der Waals surface area contributed by atoms with Crippen LogP contribution in [-0.4, -0.2) is 58.9 Å². The molecule has 0 bridgehead atoms. The number of hydrogen-bond donors (Lipinski definition) is 0. The molecule has 0 aromatic rings. The zero-order valence-electron chi connectivity index (χ0n) is 22.5. The highest BCUT2D eigenvalue weighted by molar-refractivity contribution is 6.03. The molecule has 0 saturated carbocycles. The van der Waals surface area contributed by atoms with Gasteiger partial charge in [0, 0.05) is 18.2 Å². The van der Waals surface area contributed by atoms with Gasteiger partial charge < -0.3 is 14.2 Å². The van der Waals surface area contributed by atoms with Crippen molar-refractivity contribution in [2.45, 2.75) is 143 Å². The summed E-state index contributed by atoms with van der Waals surface area (Å²) in [5, 5.41) is 0. The van der Waals surface area contributed by atoms with E-state index in [1.165, 1.54) is 7.11 Å². The maximum atomic E-state index is 13.1. The number of carbonyl (C=O) groups is 2. The van der Waals surface area contributed by atoms with E-state index in [0.29, 0.717) is 12.8 Å². The van der Waals surface area contributed by atoms with Gasteiger partial charge in [0.1, 0.15) is 11.5 Å². The highest BCUT2D eigenvalue weighted by Gasteiger charge is 2.49. The van der Waals surface area contributed by atoms with Crippen LogP contribution >= 0.6 is 0 Å². The first-order valence-corrected chi connectivity index (χ1v) is 12.5. The van der Waals surface area contributed by atoms with Crippen LogP contribution in [0.5, 0.6) is 0 Å². The molecule has 3 atom stereocenters. The Balaban J connectivity index is 2.96. The van der Waals surface area contributed by atoms with Gasteiger partial charge in [-0.15, -0.1) is 0 Å². The Kier molecular flexibility index (Phi) is 10.4. The fourth-order valence-corrected chi connectivity index (χ4v) is 5.90. The van der Waals surface area contributed by atoms with Crippen LogP contribution < -0.4 is 0 Å². The van der Waals surface area contributed by atoms with Gasteiger partial charge >= 0.3 is 5.97 Å². The van der Waals surface area contributed by atoms with E-state index in [1.54, 1.807) is 6.92 Å². The average Bonchev–Trinajstić information content (AvgIpc) is 2.66. The molecule has 1 rings (SSSR count). The van der Waals surface area contributed by atoms with Gasteiger partial charge in [-0.1, -0.05) is 27.2 Å². The van der Waals surface area contributed by atoms with Crippen molar-refractivity contribution in [3.05, 3.63) is 0 Å². The van der Waals surface area contributed by atoms with Crippen LogP contribution in [0.3, 0.4) is 0 Å². The zero-order chi connectivity index (χ0) is 24.9. The second-order valence-corrected chi connectivity index (χ2v) is 10.8. The van der Waals surface area contributed by atoms with Gasteiger partial charge in [-0.2, -0.15) is 0 Å². The van der Waals surface area contributed by atoms with Gasteiger partial charge in [0.15, 0.2) is 12.0 Å². The summed E-state index contributed by atoms with van der Waals surface area (Å²) in [5.41, 5.74) is -1.39. The highest BCUT2D eigenvalue weighted by Crippen LogP contribution is 2.42. The van der Waals surface area contributed by atoms with Crippen molar-refractivity contribution in [3.8, 4) is 0 Å². The van der Waals surface area contributed by atoms with E-state index in [2.05, 4.69) is 46.4 Å². The zero-order valence-corrected chi connectivity index (χ0v) is 22.5. The predicted octanol–water partition coefficient (Wildman–Crippen LogP) is 5.51. The third-order valence-corrected chi connectivity index (χ3v) is 7.26. The minimum absolute atomic E-state index is 0.164. The lowest BCUT2D eigenvalue weighted by Crippen LogP contribution is -2.65. The minimum atomic E-state index is -0.939. The molecule has 0 aliphatic carbocycles. The first-order chi connectivity index (χ1) is 14.7. The number of nitrogens with zero attached hydrogens (tertiary/aromatic N) is 1. The third-order valence-electron chi connectivity index (χ3n) is 7.26. The first-order valence-electron chi connectivity index (χ1n) is 12.5. The summed E-state index contributed by atoms with van der Waals surface area (Å²) < 4.78 is 17.8. The summed E-state index contributed by atoms with van der Waals surface area (Å²) in [5.74, 6) is -1.58. The topological polar surface area (TPSA) is 65.1 Å². The molecule has 32 heavy (non-hydrogen) atoms. The molecular formula is C26H49NO5. The maximum Gasteiger partial charge on any atom is 0.317 e. The van der Waals surface area contributed by atoms with Crippen molar-refractivity contribution in [2.75, 3.05) is 7.11 Å². The van der Waals surface area contributed by atoms with E-state index in [4.69, 9.17) is 14.2 Å². The summed E-state index contributed by atoms with van der Waals surface area (Å²) in [4.78, 5) is 28.3. The predicted molar refractivity (Wildman–Crippen MR) is 129 cm³/mol. The third kappa shape index (κ3) is 6.54. The second kappa shape index (κ2) is 11.4. The van der Waals surface area contributed by atoms with Crippen molar-refractivity contribution in [1.29, 1.82) is 0 Å². The quantitative estimate of drug-likeness (QED) is 0.285. The van der Waals surface area contributed by atoms with Crippen molar-refractivity contribution in [3.63, 3.8) is 0 Å². The van der Waals surface area contributed by atoms with E-state index in [0.717, 1.165) is 25.7 Å². The first kappa shape index (κ1) is 29.1. The molecule has 0 N–H and O–H groups in total. The highest BCUT2D eigenvalue weighted by atomic mass is 16.6. The molecule has 1 fully saturated rings. The number of ketones is 1. The molecule has 0 radical (unpaired) electrons. The molecule has 1 aliphatic rings. The number of ether oxygens (including phenoxy) is 3. The van der Waals surface area contributed by atoms with Crippen LogP contribution in [0.15, 0.2) is 0 Å². The van der Waals surface area contributed by atoms with Gasteiger partial charge in [0.25, 0.3) is 0 Å². The molecule has 1 aliphatic heterocycles. The Morgan fingerprint density at radius 2 is 1.50 bits per heavy atom. The molecule has 1 saturated heterocycles. The standard InChI is InChI=1S/C26H49NO5/c1-12-15-18(4)31-21-16-24(7,8)27(25(9,10)17-21)20(6)32-23(29)19(5)22(28)26(13-2,14-3)30-11/h18-21H,12-17H2,1-11H3. The Bertz CT molecular complexity index is 599. The van der Waals surface area contributed by atoms with Gasteiger partial charge in [0.05, 0.1) is 12.2 Å². The van der Waals surface area contributed by atoms with Crippen LogP contribution in [0.1, 0.15) is 108 Å². The molecule has 6 nitrogen and oxygen atoms in total. The van der Waals surface area contributed by atoms with Crippen LogP contribution in [0.25, 0.3) is 0 Å². The summed E-state index contributed by atoms with van der Waals surface area (Å²) >= 11 is 0. The van der Waals surface area contributed by atoms with Crippen molar-refractivity contribution in [2.24, 2.45) is 5.92 Å². The van der Waals surface area contributed by atoms with Gasteiger partial charge in [-0.05, 0) is 80.6 Å². The lowest BCUT2D eigenvalue weighted by atomic mass is 9.77. The summed E-state index contributed by atoms with van der Waals surface area (Å²) in [6.07, 6.45) is 4.87. The minimum Gasteiger partial charge on any atom is -0.446 e. The van der Waals surface area contributed by atoms with E-state index in [9.17, 15) is 9.59 Å². The maximum absolute atomic E-state index is 13.1. The Morgan fingerprint density at radius 3 is 1.91 bits per heavy atom. The SMILES string of the molecule is CCCC(C)OC1CC(C)(C)N(C(C)OC(=O)C(C)C(=O)C(CC)(CC)OC)C(C)(C)C1. The van der Waals surface area contributed by atoms with E-state index in [-0.39, 0.29) is 29.1 Å². The number of esters is 1. The van der Waals surface area contributed by atoms with E-state index >= 15 is 0 Å². The number of likely N-dealkylation sites (tertiary alicyclic amines) is 1.